The van der Waals surface area contributed by atoms with E-state index in [1.165, 1.54) is 0 Å². The molecule has 0 saturated carbocycles. The molecule has 0 saturated heterocycles. The Kier molecular flexibility index (Phi) is 4.43. The Bertz CT molecular complexity index is 698. The minimum absolute atomic E-state index is 0.328. The van der Waals surface area contributed by atoms with E-state index in [1.807, 2.05) is 45.0 Å². The number of aryl methyl sites for hydroxylation is 3. The number of ether oxygens (including phenoxy) is 1. The van der Waals surface area contributed by atoms with Gasteiger partial charge in [0.1, 0.15) is 10.7 Å². The number of nitrogens with zero attached hydrogens (tertiary/aromatic N) is 1. The monoisotopic (exact) mass is 301 g/mol. The molecule has 3 N–H and O–H groups in total. The lowest BCUT2D eigenvalue weighted by molar-refractivity contribution is 0.416. The molecule has 2 aromatic rings. The zero-order valence-electron chi connectivity index (χ0n) is 12.7. The van der Waals surface area contributed by atoms with Crippen molar-refractivity contribution in [3.8, 4) is 5.75 Å². The van der Waals surface area contributed by atoms with Gasteiger partial charge < -0.3 is 15.8 Å². The Morgan fingerprint density at radius 2 is 1.90 bits per heavy atom. The van der Waals surface area contributed by atoms with Crippen LogP contribution in [-0.4, -0.2) is 17.1 Å². The molecule has 0 amide bonds. The average molecular weight is 301 g/mol. The van der Waals surface area contributed by atoms with Gasteiger partial charge in [0.2, 0.25) is 0 Å². The quantitative estimate of drug-likeness (QED) is 0.848. The standard InChI is InChI=1S/C16H19N3OS/c1-9-5-6-14(20-4)12(7-9)19-13-8-10(2)18-11(3)15(13)16(17)21/h5-8H,1-4H3,(H2,17,21)(H,18,19). The maximum atomic E-state index is 5.84. The zero-order chi connectivity index (χ0) is 15.6. The van der Waals surface area contributed by atoms with E-state index < -0.39 is 0 Å². The number of hydrogen-bond acceptors (Lipinski definition) is 4. The summed E-state index contributed by atoms with van der Waals surface area (Å²) < 4.78 is 5.39. The molecule has 110 valence electrons. The number of thiocarbonyl (C=S) groups is 1. The van der Waals surface area contributed by atoms with Crippen LogP contribution in [0.3, 0.4) is 0 Å². The van der Waals surface area contributed by atoms with Crippen molar-refractivity contribution in [2.75, 3.05) is 12.4 Å². The van der Waals surface area contributed by atoms with Crippen molar-refractivity contribution in [1.29, 1.82) is 0 Å². The number of aromatic nitrogens is 1. The fourth-order valence-electron chi connectivity index (χ4n) is 2.30. The van der Waals surface area contributed by atoms with E-state index in [2.05, 4.69) is 10.3 Å². The molecule has 1 heterocycles. The molecule has 4 nitrogen and oxygen atoms in total. The molecule has 0 aliphatic heterocycles. The Labute approximate surface area is 130 Å². The molecular formula is C16H19N3OS. The Hall–Kier alpha value is -2.14. The average Bonchev–Trinajstić information content (AvgIpc) is 2.37. The number of rotatable bonds is 4. The van der Waals surface area contributed by atoms with Crippen molar-refractivity contribution < 1.29 is 4.74 Å². The predicted octanol–water partition coefficient (Wildman–Crippen LogP) is 3.39. The summed E-state index contributed by atoms with van der Waals surface area (Å²) in [6.45, 7) is 5.87. The van der Waals surface area contributed by atoms with E-state index in [0.717, 1.165) is 39.6 Å². The number of anilines is 2. The van der Waals surface area contributed by atoms with Crippen LogP contribution in [0.1, 0.15) is 22.5 Å². The van der Waals surface area contributed by atoms with Crippen molar-refractivity contribution in [2.24, 2.45) is 5.73 Å². The van der Waals surface area contributed by atoms with E-state index in [1.54, 1.807) is 7.11 Å². The third-order valence-electron chi connectivity index (χ3n) is 3.20. The summed E-state index contributed by atoms with van der Waals surface area (Å²) >= 11 is 5.15. The predicted molar refractivity (Wildman–Crippen MR) is 90.6 cm³/mol. The van der Waals surface area contributed by atoms with Crippen LogP contribution in [-0.2, 0) is 0 Å². The van der Waals surface area contributed by atoms with E-state index in [9.17, 15) is 0 Å². The third kappa shape index (κ3) is 3.31. The normalized spacial score (nSPS) is 10.3. The molecule has 5 heteroatoms. The summed E-state index contributed by atoms with van der Waals surface area (Å²) in [6.07, 6.45) is 0. The summed E-state index contributed by atoms with van der Waals surface area (Å²) in [4.78, 5) is 4.75. The maximum Gasteiger partial charge on any atom is 0.142 e. The van der Waals surface area contributed by atoms with Crippen LogP contribution in [0.4, 0.5) is 11.4 Å². The summed E-state index contributed by atoms with van der Waals surface area (Å²) in [7, 11) is 1.65. The fraction of sp³-hybridized carbons (Fsp3) is 0.250. The van der Waals surface area contributed by atoms with Crippen LogP contribution in [0.5, 0.6) is 5.75 Å². The molecule has 0 aliphatic rings. The largest absolute Gasteiger partial charge is 0.495 e. The van der Waals surface area contributed by atoms with Crippen molar-refractivity contribution in [3.63, 3.8) is 0 Å². The van der Waals surface area contributed by atoms with E-state index >= 15 is 0 Å². The second-order valence-corrected chi connectivity index (χ2v) is 5.40. The van der Waals surface area contributed by atoms with Gasteiger partial charge in [-0.15, -0.1) is 0 Å². The van der Waals surface area contributed by atoms with Crippen molar-refractivity contribution in [3.05, 3.63) is 46.8 Å². The Balaban J connectivity index is 2.53. The van der Waals surface area contributed by atoms with Gasteiger partial charge in [-0.2, -0.15) is 0 Å². The van der Waals surface area contributed by atoms with Crippen LogP contribution < -0.4 is 15.8 Å². The van der Waals surface area contributed by atoms with Gasteiger partial charge in [0, 0.05) is 11.4 Å². The first-order valence-corrected chi connectivity index (χ1v) is 7.03. The molecule has 2 rings (SSSR count). The van der Waals surface area contributed by atoms with E-state index in [0.29, 0.717) is 4.99 Å². The lowest BCUT2D eigenvalue weighted by Crippen LogP contribution is -2.15. The van der Waals surface area contributed by atoms with Crippen molar-refractivity contribution in [1.82, 2.24) is 4.98 Å². The summed E-state index contributed by atoms with van der Waals surface area (Å²) in [5.41, 5.74) is 11.2. The number of pyridine rings is 1. The van der Waals surface area contributed by atoms with Crippen LogP contribution in [0, 0.1) is 20.8 Å². The highest BCUT2D eigenvalue weighted by Gasteiger charge is 2.13. The van der Waals surface area contributed by atoms with Crippen LogP contribution in [0.15, 0.2) is 24.3 Å². The van der Waals surface area contributed by atoms with Gasteiger partial charge in [0.25, 0.3) is 0 Å². The molecule has 0 fully saturated rings. The first kappa shape index (κ1) is 15.3. The molecule has 0 unspecified atom stereocenters. The molecule has 1 aromatic carbocycles. The summed E-state index contributed by atoms with van der Waals surface area (Å²) in [5, 5.41) is 3.36. The van der Waals surface area contributed by atoms with Crippen LogP contribution in [0.2, 0.25) is 0 Å². The van der Waals surface area contributed by atoms with Gasteiger partial charge in [0.05, 0.1) is 24.0 Å². The van der Waals surface area contributed by atoms with Crippen LogP contribution >= 0.6 is 12.2 Å². The second-order valence-electron chi connectivity index (χ2n) is 4.96. The smallest absolute Gasteiger partial charge is 0.142 e. The number of methoxy groups -OCH3 is 1. The first-order valence-electron chi connectivity index (χ1n) is 6.62. The topological polar surface area (TPSA) is 60.2 Å². The van der Waals surface area contributed by atoms with Gasteiger partial charge in [-0.05, 0) is 44.5 Å². The zero-order valence-corrected chi connectivity index (χ0v) is 13.5. The van der Waals surface area contributed by atoms with Gasteiger partial charge >= 0.3 is 0 Å². The van der Waals surface area contributed by atoms with Gasteiger partial charge in [-0.3, -0.25) is 4.98 Å². The SMILES string of the molecule is COc1ccc(C)cc1Nc1cc(C)nc(C)c1C(N)=S. The van der Waals surface area contributed by atoms with Gasteiger partial charge in [-0.25, -0.2) is 0 Å². The summed E-state index contributed by atoms with van der Waals surface area (Å²) in [5.74, 6) is 0.765. The van der Waals surface area contributed by atoms with Gasteiger partial charge in [-0.1, -0.05) is 18.3 Å². The summed E-state index contributed by atoms with van der Waals surface area (Å²) in [6, 6.07) is 7.89. The van der Waals surface area contributed by atoms with Gasteiger partial charge in [0.15, 0.2) is 0 Å². The highest BCUT2D eigenvalue weighted by Crippen LogP contribution is 2.31. The number of nitrogens with two attached hydrogens (primary N) is 1. The van der Waals surface area contributed by atoms with E-state index in [4.69, 9.17) is 22.7 Å². The second kappa shape index (κ2) is 6.10. The molecule has 0 bridgehead atoms. The number of hydrogen-bond donors (Lipinski definition) is 2. The number of nitrogens with one attached hydrogen (secondary N) is 1. The molecule has 21 heavy (non-hydrogen) atoms. The molecule has 0 aliphatic carbocycles. The Morgan fingerprint density at radius 3 is 2.52 bits per heavy atom. The van der Waals surface area contributed by atoms with Crippen LogP contribution in [0.25, 0.3) is 0 Å². The van der Waals surface area contributed by atoms with E-state index in [-0.39, 0.29) is 0 Å². The molecule has 0 spiro atoms. The minimum Gasteiger partial charge on any atom is -0.495 e. The van der Waals surface area contributed by atoms with Crippen molar-refractivity contribution in [2.45, 2.75) is 20.8 Å². The lowest BCUT2D eigenvalue weighted by Gasteiger charge is -2.16. The molecule has 0 atom stereocenters. The highest BCUT2D eigenvalue weighted by molar-refractivity contribution is 7.80. The first-order chi connectivity index (χ1) is 9.92. The maximum absolute atomic E-state index is 5.84. The molecular weight excluding hydrogens is 282 g/mol. The minimum atomic E-state index is 0.328. The van der Waals surface area contributed by atoms with Crippen molar-refractivity contribution >= 4 is 28.6 Å². The highest BCUT2D eigenvalue weighted by atomic mass is 32.1. The fourth-order valence-corrected chi connectivity index (χ4v) is 2.56. The molecule has 1 aromatic heterocycles. The Morgan fingerprint density at radius 1 is 1.19 bits per heavy atom. The molecule has 0 radical (unpaired) electrons. The lowest BCUT2D eigenvalue weighted by atomic mass is 10.1. The number of benzene rings is 1. The third-order valence-corrected chi connectivity index (χ3v) is 3.40.